The summed E-state index contributed by atoms with van der Waals surface area (Å²) >= 11 is 9.83. The van der Waals surface area contributed by atoms with Gasteiger partial charge in [0.15, 0.2) is 15.4 Å². The minimum Gasteiger partial charge on any atom is -0.399 e. The lowest BCUT2D eigenvalue weighted by atomic mass is 10.0. The normalized spacial score (nSPS) is 14.2. The Bertz CT molecular complexity index is 6350. The molecule has 20 rings (SSSR count). The van der Waals surface area contributed by atoms with Crippen molar-refractivity contribution >= 4 is 163 Å². The number of amides is 10. The zero-order valence-corrected chi connectivity index (χ0v) is 73.2. The molecule has 10 aromatic carbocycles. The van der Waals surface area contributed by atoms with Gasteiger partial charge in [-0.05, 0) is 114 Å². The number of thiazole rings is 3. The molecule has 0 fully saturated rings. The van der Waals surface area contributed by atoms with Crippen molar-refractivity contribution in [3.05, 3.63) is 395 Å². The lowest BCUT2D eigenvalue weighted by molar-refractivity contribution is -0.121. The summed E-state index contributed by atoms with van der Waals surface area (Å²) in [5, 5.41) is 35.1. The van der Waals surface area contributed by atoms with Crippen LogP contribution in [0, 0.1) is 0 Å². The summed E-state index contributed by atoms with van der Waals surface area (Å²) in [5.41, 5.74) is 21.4. The summed E-state index contributed by atoms with van der Waals surface area (Å²) in [5.74, 6) is -2.10. The summed E-state index contributed by atoms with van der Waals surface area (Å²) in [4.78, 5) is 150. The molecule has 5 atom stereocenters. The van der Waals surface area contributed by atoms with Crippen LogP contribution in [0.3, 0.4) is 0 Å². The van der Waals surface area contributed by atoms with Crippen LogP contribution >= 0.6 is 72.6 Å². The van der Waals surface area contributed by atoms with Crippen LogP contribution in [0.2, 0.25) is 0 Å². The predicted octanol–water partition coefficient (Wildman–Crippen LogP) is 16.4. The maximum Gasteiger partial charge on any atom is 0.255 e. The van der Waals surface area contributed by atoms with Gasteiger partial charge in [-0.25, -0.2) is 15.0 Å². The number of benzene rings is 10. The molecule has 0 saturated heterocycles. The Hall–Kier alpha value is -14.8. The monoisotopic (exact) mass is 1850 g/mol. The molecule has 5 aromatic heterocycles. The topological polar surface area (TPSA) is 363 Å². The number of nitrogens with zero attached hydrogens (tertiary/aromatic N) is 12. The van der Waals surface area contributed by atoms with Gasteiger partial charge in [0.1, 0.15) is 41.2 Å². The molecule has 5 aliphatic rings. The number of anilines is 6. The third-order valence-corrected chi connectivity index (χ3v) is 25.2. The zero-order chi connectivity index (χ0) is 88.6. The fourth-order valence-electron chi connectivity index (χ4n) is 15.4. The highest BCUT2D eigenvalue weighted by molar-refractivity contribution is 9.11. The van der Waals surface area contributed by atoms with Gasteiger partial charge in [-0.3, -0.25) is 69.2 Å². The van der Waals surface area contributed by atoms with Crippen molar-refractivity contribution in [3.63, 3.8) is 0 Å². The molecule has 28 nitrogen and oxygen atoms in total. The molecule has 0 aliphatic carbocycles. The first-order valence-electron chi connectivity index (χ1n) is 39.9. The summed E-state index contributed by atoms with van der Waals surface area (Å²) in [6.07, 6.45) is 5.35. The Balaban J connectivity index is 0.000000117. The Labute approximate surface area is 761 Å². The molecular weight excluding hydrogens is 1780 g/mol. The van der Waals surface area contributed by atoms with Crippen LogP contribution in [-0.4, -0.2) is 125 Å². The number of hydrogen-bond acceptors (Lipinski definition) is 23. The second-order valence-corrected chi connectivity index (χ2v) is 35.1. The van der Waals surface area contributed by atoms with Crippen molar-refractivity contribution in [2.75, 3.05) is 32.3 Å². The van der Waals surface area contributed by atoms with E-state index in [0.717, 1.165) is 53.9 Å². The van der Waals surface area contributed by atoms with Gasteiger partial charge in [-0.1, -0.05) is 258 Å². The first-order valence-corrected chi connectivity index (χ1v) is 45.0. The van der Waals surface area contributed by atoms with Crippen molar-refractivity contribution in [1.82, 2.24) is 59.8 Å². The number of hydrogen-bond donors (Lipinski definition) is 6. The molecule has 0 bridgehead atoms. The van der Waals surface area contributed by atoms with Gasteiger partial charge in [0.05, 0.1) is 9.98 Å². The van der Waals surface area contributed by atoms with Gasteiger partial charge in [-0.2, -0.15) is 0 Å². The summed E-state index contributed by atoms with van der Waals surface area (Å²) in [6, 6.07) is 78.4. The molecule has 0 unspecified atom stereocenters. The van der Waals surface area contributed by atoms with Crippen molar-refractivity contribution in [2.24, 2.45) is 0 Å². The minimum atomic E-state index is -0.790. The molecule has 34 heteroatoms. The van der Waals surface area contributed by atoms with E-state index >= 15 is 0 Å². The predicted molar refractivity (Wildman–Crippen MR) is 494 cm³/mol. The highest BCUT2D eigenvalue weighted by Crippen LogP contribution is 2.39. The molecule has 638 valence electrons. The van der Waals surface area contributed by atoms with Crippen molar-refractivity contribution in [1.29, 1.82) is 0 Å². The van der Waals surface area contributed by atoms with Gasteiger partial charge in [0, 0.05) is 95.8 Å². The van der Waals surface area contributed by atoms with Crippen LogP contribution in [0.4, 0.5) is 31.3 Å². The maximum atomic E-state index is 13.1. The van der Waals surface area contributed by atoms with Crippen LogP contribution in [0.1, 0.15) is 132 Å². The average Bonchev–Trinajstić information content (AvgIpc) is 1.65. The molecule has 0 saturated carbocycles. The third kappa shape index (κ3) is 20.1. The summed E-state index contributed by atoms with van der Waals surface area (Å²) in [6.45, 7) is 2.03. The average molecular weight is 1860 g/mol. The number of nitrogen functional groups attached to an aromatic ring is 1. The number of halogens is 1. The van der Waals surface area contributed by atoms with E-state index in [1.54, 1.807) is 113 Å². The lowest BCUT2D eigenvalue weighted by Gasteiger charge is -2.27. The number of fused-ring (bicyclic) bond motifs is 5. The Morgan fingerprint density at radius 1 is 0.344 bits per heavy atom. The fourth-order valence-corrected chi connectivity index (χ4v) is 18.5. The number of aromatic nitrogens is 7. The second-order valence-electron chi connectivity index (χ2n) is 29.2. The van der Waals surface area contributed by atoms with E-state index in [9.17, 15) is 47.9 Å². The quantitative estimate of drug-likeness (QED) is 0.0364. The van der Waals surface area contributed by atoms with Gasteiger partial charge < -0.3 is 35.6 Å². The van der Waals surface area contributed by atoms with E-state index in [4.69, 9.17) is 5.73 Å². The summed E-state index contributed by atoms with van der Waals surface area (Å²) in [7, 11) is 0. The smallest absolute Gasteiger partial charge is 0.255 e. The first kappa shape index (κ1) is 86.7. The molecule has 5 aliphatic heterocycles. The molecule has 128 heavy (non-hydrogen) atoms. The highest BCUT2D eigenvalue weighted by Gasteiger charge is 2.43. The number of nitrogens with two attached hydrogens (primary N) is 1. The minimum absolute atomic E-state index is 0.101. The fraction of sp³-hybridized carbons (Fsp3) is 0.117. The van der Waals surface area contributed by atoms with Crippen molar-refractivity contribution in [3.8, 4) is 0 Å². The second kappa shape index (κ2) is 40.4. The van der Waals surface area contributed by atoms with Crippen LogP contribution < -0.4 is 32.3 Å². The van der Waals surface area contributed by atoms with Crippen LogP contribution in [0.15, 0.2) is 311 Å². The van der Waals surface area contributed by atoms with Gasteiger partial charge >= 0.3 is 0 Å². The van der Waals surface area contributed by atoms with Crippen LogP contribution in [0.5, 0.6) is 0 Å². The molecule has 0 radical (unpaired) electrons. The largest absolute Gasteiger partial charge is 0.399 e. The number of rotatable bonds is 21. The van der Waals surface area contributed by atoms with E-state index < -0.39 is 30.2 Å². The molecule has 10 heterocycles. The Kier molecular flexibility index (Phi) is 27.4. The van der Waals surface area contributed by atoms with Gasteiger partial charge in [0.25, 0.3) is 53.2 Å². The maximum absolute atomic E-state index is 13.1. The van der Waals surface area contributed by atoms with Gasteiger partial charge in [-0.15, -0.1) is 43.1 Å². The zero-order valence-electron chi connectivity index (χ0n) is 67.5. The molecular formula is C94H75BrN18O10S5. The number of nitrogens with one attached hydrogen (secondary N) is 5. The van der Waals surface area contributed by atoms with Crippen LogP contribution in [-0.2, 0) is 63.1 Å². The summed E-state index contributed by atoms with van der Waals surface area (Å²) < 4.78 is 0.828. The highest BCUT2D eigenvalue weighted by atomic mass is 79.9. The third-order valence-electron chi connectivity index (χ3n) is 21.2. The molecule has 10 amide bonds. The Morgan fingerprint density at radius 2 is 0.656 bits per heavy atom. The lowest BCUT2D eigenvalue weighted by Crippen LogP contribution is -2.45. The molecule has 0 spiro atoms. The first-order chi connectivity index (χ1) is 62.5. The number of carbonyl (C=O) groups excluding carboxylic acids is 10. The SMILES string of the molecule is Nc1cccc([C@H](C(=O)Nc2nccs2)N2Cc3ccccc3C2=O)c1.O=C(Nc1ncc(Br)s1)[C@@H](c1ccccc1)N1Cc2ccccc2C1=O.O=C(Nc1nccs1)[C@@H](Cc1ccccc1)N1Cc2ccccc2C1=O.O=C(Nc1nncs1)[C@@H](c1ccccc1)N1Cc2ccccc2C1=O.O=C(Nc1nncs1)[C@H](c1ccccc1)N1Cc2ccccc2C1=O. The molecule has 7 N–H and O–H groups in total. The van der Waals surface area contributed by atoms with E-state index in [2.05, 4.69) is 77.9 Å². The molecule has 15 aromatic rings. The van der Waals surface area contributed by atoms with Crippen molar-refractivity contribution < 1.29 is 47.9 Å². The number of carbonyl (C=O) groups is 10. The van der Waals surface area contributed by atoms with Crippen molar-refractivity contribution in [2.45, 2.75) is 69.4 Å². The van der Waals surface area contributed by atoms with E-state index in [0.29, 0.717) is 104 Å². The van der Waals surface area contributed by atoms with E-state index in [-0.39, 0.29) is 59.1 Å². The Morgan fingerprint density at radius 3 is 0.984 bits per heavy atom. The van der Waals surface area contributed by atoms with Crippen LogP contribution in [0.25, 0.3) is 0 Å². The van der Waals surface area contributed by atoms with E-state index in [1.807, 2.05) is 218 Å². The standard InChI is InChI=1S/C20H17N3O2S.C19H14BrN3O2S.C19H16N4O2S.2C18H14N4O2S/c24-18(22-20-21-10-11-26-20)17(12-14-6-2-1-3-7-14)23-13-15-8-4-5-9-16(15)19(23)25;20-15-10-21-19(26-15)22-17(24)16(12-6-2-1-3-7-12)23-11-13-8-4-5-9-14(13)18(23)25;20-14-6-3-5-12(10-14)16(17(24)22-19-21-8-9-26-19)23-11-13-4-1-2-7-15(13)18(23)25;2*23-16(20-18-21-19-11-25-18)15(12-6-2-1-3-7-12)22-10-13-8-4-5-9-14(13)17(22)24/h1-11,17H,12-13H2,(H,21,22,24);1-10,16H,11H2,(H,21,22,24);1-10,16H,11,20H2,(H,21,22,24);2*1-9,11,15H,10H2,(H,20,21,23)/t17-;2*16-;2*15-/m11110/s1. The van der Waals surface area contributed by atoms with Gasteiger partial charge in [0.2, 0.25) is 16.2 Å². The van der Waals surface area contributed by atoms with E-state index in [1.165, 1.54) is 56.7 Å².